The molecule has 0 saturated carbocycles. The van der Waals surface area contributed by atoms with E-state index in [-0.39, 0.29) is 26.1 Å². The van der Waals surface area contributed by atoms with E-state index in [1.807, 2.05) is 60.7 Å². The lowest BCUT2D eigenvalue weighted by molar-refractivity contribution is -0.136. The predicted octanol–water partition coefficient (Wildman–Crippen LogP) is 2.71. The predicted molar refractivity (Wildman–Crippen MR) is 157 cm³/mol. The number of ether oxygens (including phenoxy) is 1. The lowest BCUT2D eigenvalue weighted by Crippen LogP contribution is -2.57. The first-order valence-electron chi connectivity index (χ1n) is 13.5. The van der Waals surface area contributed by atoms with Crippen molar-refractivity contribution < 1.29 is 29.1 Å². The largest absolute Gasteiger partial charge is 0.374 e. The number of rotatable bonds is 15. The smallest absolute Gasteiger partial charge is 0.266 e. The summed E-state index contributed by atoms with van der Waals surface area (Å²) in [6, 6.07) is 22.2. The molecule has 0 spiro atoms. The molecule has 11 heteroatoms. The van der Waals surface area contributed by atoms with E-state index in [1.165, 1.54) is 6.92 Å². The summed E-state index contributed by atoms with van der Waals surface area (Å²) in [6.45, 7) is 1.39. The van der Waals surface area contributed by atoms with Gasteiger partial charge in [-0.1, -0.05) is 84.4 Å². The van der Waals surface area contributed by atoms with Crippen LogP contribution in [0.4, 0.5) is 0 Å². The highest BCUT2D eigenvalue weighted by Crippen LogP contribution is 2.12. The summed E-state index contributed by atoms with van der Waals surface area (Å²) >= 11 is 5.95. The second-order valence-electron chi connectivity index (χ2n) is 9.71. The number of benzene rings is 3. The quantitative estimate of drug-likeness (QED) is 0.135. The number of amides is 4. The third kappa shape index (κ3) is 11.0. The van der Waals surface area contributed by atoms with Gasteiger partial charge < -0.3 is 20.7 Å². The number of hydrogen-bond donors (Lipinski definition) is 5. The Balaban J connectivity index is 1.74. The number of hydroxylamine groups is 1. The average molecular weight is 595 g/mol. The molecule has 0 fully saturated rings. The second kappa shape index (κ2) is 16.9. The van der Waals surface area contributed by atoms with Crippen LogP contribution in [0.2, 0.25) is 5.02 Å². The summed E-state index contributed by atoms with van der Waals surface area (Å²) in [4.78, 5) is 51.1. The van der Waals surface area contributed by atoms with Gasteiger partial charge in [-0.2, -0.15) is 0 Å². The van der Waals surface area contributed by atoms with E-state index in [0.29, 0.717) is 17.0 Å². The fourth-order valence-electron chi connectivity index (χ4n) is 4.21. The van der Waals surface area contributed by atoms with Crippen molar-refractivity contribution in [3.63, 3.8) is 0 Å². The first kappa shape index (κ1) is 32.3. The van der Waals surface area contributed by atoms with Crippen LogP contribution in [0.15, 0.2) is 84.9 Å². The van der Waals surface area contributed by atoms with Crippen molar-refractivity contribution in [3.8, 4) is 0 Å². The summed E-state index contributed by atoms with van der Waals surface area (Å²) in [5, 5.41) is 17.7. The van der Waals surface area contributed by atoms with Crippen LogP contribution in [-0.4, -0.2) is 53.6 Å². The maximum absolute atomic E-state index is 13.5. The van der Waals surface area contributed by atoms with E-state index >= 15 is 0 Å². The molecule has 222 valence electrons. The number of carbonyl (C=O) groups excluding carboxylic acids is 4. The molecule has 4 amide bonds. The molecule has 3 aromatic rings. The molecule has 42 heavy (non-hydrogen) atoms. The lowest BCUT2D eigenvalue weighted by Gasteiger charge is -2.25. The zero-order valence-corrected chi connectivity index (χ0v) is 24.0. The van der Waals surface area contributed by atoms with E-state index in [4.69, 9.17) is 16.3 Å². The van der Waals surface area contributed by atoms with Crippen LogP contribution in [0.5, 0.6) is 0 Å². The molecule has 0 aliphatic carbocycles. The van der Waals surface area contributed by atoms with Crippen molar-refractivity contribution in [1.29, 1.82) is 0 Å². The zero-order chi connectivity index (χ0) is 30.3. The molecule has 0 saturated heterocycles. The maximum atomic E-state index is 13.5. The second-order valence-corrected chi connectivity index (χ2v) is 10.1. The monoisotopic (exact) mass is 594 g/mol. The van der Waals surface area contributed by atoms with Gasteiger partial charge in [0.15, 0.2) is 0 Å². The van der Waals surface area contributed by atoms with Crippen molar-refractivity contribution >= 4 is 35.2 Å². The Kier molecular flexibility index (Phi) is 13.0. The normalized spacial score (nSPS) is 12.8. The molecule has 3 atom stereocenters. The fraction of sp³-hybridized carbons (Fsp3) is 0.290. The minimum absolute atomic E-state index is 0.0660. The van der Waals surface area contributed by atoms with Crippen molar-refractivity contribution in [2.45, 2.75) is 50.9 Å². The molecule has 5 N–H and O–H groups in total. The zero-order valence-electron chi connectivity index (χ0n) is 23.2. The van der Waals surface area contributed by atoms with Crippen molar-refractivity contribution in [2.75, 3.05) is 6.61 Å². The number of halogens is 1. The maximum Gasteiger partial charge on any atom is 0.266 e. The van der Waals surface area contributed by atoms with E-state index in [1.54, 1.807) is 29.7 Å². The highest BCUT2D eigenvalue weighted by molar-refractivity contribution is 6.30. The Hall–Kier alpha value is -4.25. The minimum Gasteiger partial charge on any atom is -0.374 e. The van der Waals surface area contributed by atoms with Crippen LogP contribution >= 0.6 is 11.6 Å². The number of aryl methyl sites for hydroxylation is 1. The van der Waals surface area contributed by atoms with E-state index in [2.05, 4.69) is 16.0 Å². The van der Waals surface area contributed by atoms with Crippen molar-refractivity contribution in [2.24, 2.45) is 0 Å². The fourth-order valence-corrected chi connectivity index (χ4v) is 4.34. The molecular formula is C31H35ClN4O6. The number of carbonyl (C=O) groups is 4. The molecule has 0 aliphatic heterocycles. The summed E-state index contributed by atoms with van der Waals surface area (Å²) in [5.74, 6) is -2.51. The Morgan fingerprint density at radius 2 is 1.29 bits per heavy atom. The Bertz CT molecular complexity index is 1310. The molecule has 0 aromatic heterocycles. The highest BCUT2D eigenvalue weighted by Gasteiger charge is 2.29. The van der Waals surface area contributed by atoms with Crippen LogP contribution in [-0.2, 0) is 43.4 Å². The molecule has 3 aromatic carbocycles. The van der Waals surface area contributed by atoms with Gasteiger partial charge >= 0.3 is 0 Å². The highest BCUT2D eigenvalue weighted by atomic mass is 35.5. The topological polar surface area (TPSA) is 146 Å². The molecular weight excluding hydrogens is 560 g/mol. The first-order chi connectivity index (χ1) is 20.2. The standard InChI is InChI=1S/C31H35ClN4O6/c1-21(37)33-28(20-42-19-24-10-6-3-7-11-24)30(39)34-26(17-14-22-8-4-2-5-9-22)29(38)35-27(31(40)36-41)18-23-12-15-25(32)16-13-23/h2-13,15-16,26-28,41H,14,17-20H2,1H3,(H,33,37)(H,34,39)(H,35,38)(H,36,40)/t26-,27-,28+/m1/s1. The summed E-state index contributed by atoms with van der Waals surface area (Å²) < 4.78 is 5.69. The molecule has 0 aliphatic rings. The number of nitrogens with one attached hydrogen (secondary N) is 4. The molecule has 0 heterocycles. The van der Waals surface area contributed by atoms with E-state index in [0.717, 1.165) is 11.1 Å². The molecule has 3 rings (SSSR count). The lowest BCUT2D eigenvalue weighted by atomic mass is 10.0. The van der Waals surface area contributed by atoms with Gasteiger partial charge in [-0.3, -0.25) is 24.4 Å². The number of hydrogen-bond acceptors (Lipinski definition) is 6. The van der Waals surface area contributed by atoms with Crippen LogP contribution in [0.1, 0.15) is 30.0 Å². The molecule has 0 bridgehead atoms. The minimum atomic E-state index is -1.14. The molecule has 0 unspecified atom stereocenters. The van der Waals surface area contributed by atoms with Gasteiger partial charge in [0, 0.05) is 18.4 Å². The Labute approximate surface area is 249 Å². The summed E-state index contributed by atoms with van der Waals surface area (Å²) in [6.07, 6.45) is 0.715. The van der Waals surface area contributed by atoms with Gasteiger partial charge in [0.2, 0.25) is 17.7 Å². The first-order valence-corrected chi connectivity index (χ1v) is 13.8. The van der Waals surface area contributed by atoms with Crippen LogP contribution in [0, 0.1) is 0 Å². The molecule has 0 radical (unpaired) electrons. The summed E-state index contributed by atoms with van der Waals surface area (Å²) in [7, 11) is 0. The van der Waals surface area contributed by atoms with Gasteiger partial charge in [-0.25, -0.2) is 5.48 Å². The third-order valence-electron chi connectivity index (χ3n) is 6.38. The van der Waals surface area contributed by atoms with E-state index < -0.39 is 41.8 Å². The van der Waals surface area contributed by atoms with E-state index in [9.17, 15) is 24.4 Å². The van der Waals surface area contributed by atoms with Crippen LogP contribution in [0.3, 0.4) is 0 Å². The Morgan fingerprint density at radius 3 is 1.88 bits per heavy atom. The van der Waals surface area contributed by atoms with Gasteiger partial charge in [0.25, 0.3) is 5.91 Å². The van der Waals surface area contributed by atoms with Gasteiger partial charge in [-0.05, 0) is 41.7 Å². The van der Waals surface area contributed by atoms with Gasteiger partial charge in [-0.15, -0.1) is 0 Å². The Morgan fingerprint density at radius 1 is 0.714 bits per heavy atom. The van der Waals surface area contributed by atoms with Crippen molar-refractivity contribution in [3.05, 3.63) is 107 Å². The average Bonchev–Trinajstić information content (AvgIpc) is 2.99. The van der Waals surface area contributed by atoms with Crippen molar-refractivity contribution in [1.82, 2.24) is 21.4 Å². The van der Waals surface area contributed by atoms with Gasteiger partial charge in [0.05, 0.1) is 13.2 Å². The molecule has 10 nitrogen and oxygen atoms in total. The van der Waals surface area contributed by atoms with Gasteiger partial charge in [0.1, 0.15) is 18.1 Å². The summed E-state index contributed by atoms with van der Waals surface area (Å²) in [5.41, 5.74) is 4.12. The third-order valence-corrected chi connectivity index (χ3v) is 6.64. The van der Waals surface area contributed by atoms with Crippen LogP contribution in [0.25, 0.3) is 0 Å². The SMILES string of the molecule is CC(=O)N[C@@H](COCc1ccccc1)C(=O)N[C@H](CCc1ccccc1)C(=O)N[C@H](Cc1ccc(Cl)cc1)C(=O)NO. The van der Waals surface area contributed by atoms with Crippen LogP contribution < -0.4 is 21.4 Å².